The smallest absolute Gasteiger partial charge is 0.325 e. The Morgan fingerprint density at radius 1 is 1.32 bits per heavy atom. The molecule has 2 N–H and O–H groups in total. The zero-order valence-corrected chi connectivity index (χ0v) is 12.2. The molecule has 2 aromatic rings. The lowest BCUT2D eigenvalue weighted by atomic mass is 9.91. The average Bonchev–Trinajstić information content (AvgIpc) is 3.16. The summed E-state index contributed by atoms with van der Waals surface area (Å²) in [5.74, 6) is -0.673. The van der Waals surface area contributed by atoms with Gasteiger partial charge in [-0.3, -0.25) is 14.3 Å². The molecule has 1 heterocycles. The Labute approximate surface area is 127 Å². The van der Waals surface area contributed by atoms with Crippen molar-refractivity contribution >= 4 is 17.7 Å². The number of anilines is 1. The number of aliphatic carboxylic acids is 1. The standard InChI is InChI=1S/C16H17N3O3/c1-11-4-2-3-5-12(11)16(7-8-16)15(22)17-13-6-9-19(18-13)10-14(20)21/h2-6,9H,7-8,10H2,1H3,(H,20,21)(H,17,18,22). The average molecular weight is 299 g/mol. The van der Waals surface area contributed by atoms with Crippen molar-refractivity contribution in [3.05, 3.63) is 47.7 Å². The molecule has 114 valence electrons. The number of aromatic nitrogens is 2. The normalized spacial score (nSPS) is 15.3. The Balaban J connectivity index is 1.76. The van der Waals surface area contributed by atoms with Gasteiger partial charge in [-0.05, 0) is 30.9 Å². The molecule has 6 heteroatoms. The molecule has 1 saturated carbocycles. The molecule has 1 aliphatic carbocycles. The second-order valence-electron chi connectivity index (χ2n) is 5.64. The van der Waals surface area contributed by atoms with Crippen LogP contribution in [0.2, 0.25) is 0 Å². The first-order valence-corrected chi connectivity index (χ1v) is 7.14. The number of nitrogens with one attached hydrogen (secondary N) is 1. The largest absolute Gasteiger partial charge is 0.480 e. The molecule has 1 aliphatic rings. The summed E-state index contributed by atoms with van der Waals surface area (Å²) in [5.41, 5.74) is 1.69. The van der Waals surface area contributed by atoms with Crippen LogP contribution in [-0.2, 0) is 21.5 Å². The van der Waals surface area contributed by atoms with Crippen molar-refractivity contribution in [2.75, 3.05) is 5.32 Å². The van der Waals surface area contributed by atoms with Gasteiger partial charge < -0.3 is 10.4 Å². The van der Waals surface area contributed by atoms with Crippen LogP contribution in [0, 0.1) is 6.92 Å². The molecule has 0 aliphatic heterocycles. The van der Waals surface area contributed by atoms with E-state index in [2.05, 4.69) is 10.4 Å². The zero-order chi connectivity index (χ0) is 15.7. The highest BCUT2D eigenvalue weighted by molar-refractivity contribution is 6.01. The van der Waals surface area contributed by atoms with E-state index in [1.165, 1.54) is 10.9 Å². The van der Waals surface area contributed by atoms with Crippen LogP contribution in [0.25, 0.3) is 0 Å². The first-order valence-electron chi connectivity index (χ1n) is 7.14. The number of hydrogen-bond acceptors (Lipinski definition) is 3. The first kappa shape index (κ1) is 14.3. The van der Waals surface area contributed by atoms with Crippen LogP contribution < -0.4 is 5.32 Å². The number of aryl methyl sites for hydroxylation is 1. The van der Waals surface area contributed by atoms with E-state index >= 15 is 0 Å². The number of amides is 1. The van der Waals surface area contributed by atoms with E-state index in [9.17, 15) is 9.59 Å². The maximum atomic E-state index is 12.6. The minimum absolute atomic E-state index is 0.0811. The third kappa shape index (κ3) is 2.59. The molecule has 6 nitrogen and oxygen atoms in total. The summed E-state index contributed by atoms with van der Waals surface area (Å²) in [7, 11) is 0. The van der Waals surface area contributed by atoms with Gasteiger partial charge in [-0.25, -0.2) is 0 Å². The summed E-state index contributed by atoms with van der Waals surface area (Å²) < 4.78 is 1.28. The van der Waals surface area contributed by atoms with Crippen molar-refractivity contribution in [1.82, 2.24) is 9.78 Å². The predicted octanol–water partition coefficient (Wildman–Crippen LogP) is 1.95. The SMILES string of the molecule is Cc1ccccc1C1(C(=O)Nc2ccn(CC(=O)O)n2)CC1. The van der Waals surface area contributed by atoms with E-state index in [1.54, 1.807) is 6.07 Å². The Morgan fingerprint density at radius 2 is 2.05 bits per heavy atom. The second-order valence-corrected chi connectivity index (χ2v) is 5.64. The fourth-order valence-electron chi connectivity index (χ4n) is 2.74. The van der Waals surface area contributed by atoms with Gasteiger partial charge in [0.2, 0.25) is 5.91 Å². The number of carboxylic acids is 1. The van der Waals surface area contributed by atoms with Crippen molar-refractivity contribution in [1.29, 1.82) is 0 Å². The molecule has 0 saturated heterocycles. The number of carbonyl (C=O) groups excluding carboxylic acids is 1. The first-order chi connectivity index (χ1) is 10.5. The minimum atomic E-state index is -0.973. The van der Waals surface area contributed by atoms with Gasteiger partial charge in [0.05, 0.1) is 5.41 Å². The van der Waals surface area contributed by atoms with Gasteiger partial charge in [0.15, 0.2) is 5.82 Å². The lowest BCUT2D eigenvalue weighted by Gasteiger charge is -2.17. The highest BCUT2D eigenvalue weighted by Crippen LogP contribution is 2.49. The van der Waals surface area contributed by atoms with E-state index in [-0.39, 0.29) is 12.5 Å². The minimum Gasteiger partial charge on any atom is -0.480 e. The molecule has 1 fully saturated rings. The van der Waals surface area contributed by atoms with E-state index in [0.717, 1.165) is 24.0 Å². The maximum absolute atomic E-state index is 12.6. The van der Waals surface area contributed by atoms with Gasteiger partial charge in [0.1, 0.15) is 6.54 Å². The molecule has 0 unspecified atom stereocenters. The third-order valence-electron chi connectivity index (χ3n) is 4.02. The van der Waals surface area contributed by atoms with Crippen molar-refractivity contribution < 1.29 is 14.7 Å². The van der Waals surface area contributed by atoms with Crippen molar-refractivity contribution in [3.63, 3.8) is 0 Å². The lowest BCUT2D eigenvalue weighted by molar-refractivity contribution is -0.137. The van der Waals surface area contributed by atoms with Crippen LogP contribution >= 0.6 is 0 Å². The van der Waals surface area contributed by atoms with Crippen LogP contribution in [0.1, 0.15) is 24.0 Å². The molecular formula is C16H17N3O3. The van der Waals surface area contributed by atoms with Crippen molar-refractivity contribution in [3.8, 4) is 0 Å². The Morgan fingerprint density at radius 3 is 2.68 bits per heavy atom. The highest BCUT2D eigenvalue weighted by atomic mass is 16.4. The molecule has 1 amide bonds. The van der Waals surface area contributed by atoms with Gasteiger partial charge in [0.25, 0.3) is 0 Å². The molecule has 3 rings (SSSR count). The van der Waals surface area contributed by atoms with Gasteiger partial charge in [0, 0.05) is 12.3 Å². The predicted molar refractivity (Wildman–Crippen MR) is 80.6 cm³/mol. The molecule has 0 bridgehead atoms. The fraction of sp³-hybridized carbons (Fsp3) is 0.312. The molecule has 1 aromatic heterocycles. The van der Waals surface area contributed by atoms with Gasteiger partial charge in [-0.15, -0.1) is 0 Å². The van der Waals surface area contributed by atoms with Crippen LogP contribution in [0.3, 0.4) is 0 Å². The van der Waals surface area contributed by atoms with Crippen LogP contribution in [0.5, 0.6) is 0 Å². The van der Waals surface area contributed by atoms with E-state index in [0.29, 0.717) is 5.82 Å². The van der Waals surface area contributed by atoms with Crippen LogP contribution in [-0.4, -0.2) is 26.8 Å². The lowest BCUT2D eigenvalue weighted by Crippen LogP contribution is -2.28. The Bertz CT molecular complexity index is 732. The summed E-state index contributed by atoms with van der Waals surface area (Å²) in [6.45, 7) is 1.78. The van der Waals surface area contributed by atoms with Crippen molar-refractivity contribution in [2.24, 2.45) is 0 Å². The second kappa shape index (κ2) is 5.29. The molecule has 0 radical (unpaired) electrons. The number of hydrogen-bond donors (Lipinski definition) is 2. The van der Waals surface area contributed by atoms with Gasteiger partial charge in [-0.2, -0.15) is 5.10 Å². The maximum Gasteiger partial charge on any atom is 0.325 e. The van der Waals surface area contributed by atoms with Crippen molar-refractivity contribution in [2.45, 2.75) is 31.7 Å². The summed E-state index contributed by atoms with van der Waals surface area (Å²) in [6.07, 6.45) is 3.18. The quantitative estimate of drug-likeness (QED) is 0.883. The molecule has 0 spiro atoms. The molecule has 22 heavy (non-hydrogen) atoms. The number of nitrogens with zero attached hydrogens (tertiary/aromatic N) is 2. The van der Waals surface area contributed by atoms with E-state index in [1.807, 2.05) is 31.2 Å². The molecule has 0 atom stereocenters. The van der Waals surface area contributed by atoms with E-state index < -0.39 is 11.4 Å². The Hall–Kier alpha value is -2.63. The number of benzene rings is 1. The van der Waals surface area contributed by atoms with Crippen LogP contribution in [0.15, 0.2) is 36.5 Å². The van der Waals surface area contributed by atoms with E-state index in [4.69, 9.17) is 5.11 Å². The number of carbonyl (C=O) groups is 2. The number of rotatable bonds is 5. The molecular weight excluding hydrogens is 282 g/mol. The van der Waals surface area contributed by atoms with Gasteiger partial charge in [-0.1, -0.05) is 24.3 Å². The third-order valence-corrected chi connectivity index (χ3v) is 4.02. The zero-order valence-electron chi connectivity index (χ0n) is 12.2. The topological polar surface area (TPSA) is 84.2 Å². The summed E-state index contributed by atoms with van der Waals surface area (Å²) >= 11 is 0. The number of carboxylic acid groups (broad SMARTS) is 1. The summed E-state index contributed by atoms with van der Waals surface area (Å²) in [6, 6.07) is 9.50. The summed E-state index contributed by atoms with van der Waals surface area (Å²) in [5, 5.41) is 15.6. The van der Waals surface area contributed by atoms with Crippen LogP contribution in [0.4, 0.5) is 5.82 Å². The fourth-order valence-corrected chi connectivity index (χ4v) is 2.74. The highest BCUT2D eigenvalue weighted by Gasteiger charge is 2.52. The van der Waals surface area contributed by atoms with Gasteiger partial charge >= 0.3 is 5.97 Å². The summed E-state index contributed by atoms with van der Waals surface area (Å²) in [4.78, 5) is 23.2. The molecule has 1 aromatic carbocycles. The monoisotopic (exact) mass is 299 g/mol. The Kier molecular flexibility index (Phi) is 3.44.